The van der Waals surface area contributed by atoms with Crippen molar-refractivity contribution in [2.75, 3.05) is 25.0 Å². The molecule has 0 aromatic heterocycles. The third kappa shape index (κ3) is 2.54. The second kappa shape index (κ2) is 4.93. The predicted molar refractivity (Wildman–Crippen MR) is 77.0 cm³/mol. The van der Waals surface area contributed by atoms with E-state index in [4.69, 9.17) is 0 Å². The van der Waals surface area contributed by atoms with Crippen LogP contribution in [0.4, 0.5) is 5.69 Å². The minimum absolute atomic E-state index is 0.667. The SMILES string of the molecule is CCC1(CNCC2CNc3ccccc3C2)CC1. The van der Waals surface area contributed by atoms with Gasteiger partial charge < -0.3 is 10.6 Å². The van der Waals surface area contributed by atoms with E-state index in [0.29, 0.717) is 5.41 Å². The fourth-order valence-electron chi connectivity index (χ4n) is 3.03. The summed E-state index contributed by atoms with van der Waals surface area (Å²) in [7, 11) is 0. The van der Waals surface area contributed by atoms with E-state index in [1.165, 1.54) is 43.5 Å². The summed E-state index contributed by atoms with van der Waals surface area (Å²) in [4.78, 5) is 0. The number of hydrogen-bond acceptors (Lipinski definition) is 2. The van der Waals surface area contributed by atoms with Gasteiger partial charge in [-0.15, -0.1) is 0 Å². The van der Waals surface area contributed by atoms with Crippen LogP contribution >= 0.6 is 0 Å². The van der Waals surface area contributed by atoms with Crippen LogP contribution in [0.15, 0.2) is 24.3 Å². The van der Waals surface area contributed by atoms with Gasteiger partial charge in [0.05, 0.1) is 0 Å². The molecular weight excluding hydrogens is 220 g/mol. The summed E-state index contributed by atoms with van der Waals surface area (Å²) in [5.41, 5.74) is 3.48. The van der Waals surface area contributed by atoms with Crippen molar-refractivity contribution in [3.63, 3.8) is 0 Å². The molecule has 18 heavy (non-hydrogen) atoms. The molecule has 1 atom stereocenters. The van der Waals surface area contributed by atoms with Gasteiger partial charge >= 0.3 is 0 Å². The number of para-hydroxylation sites is 1. The highest BCUT2D eigenvalue weighted by Crippen LogP contribution is 2.47. The largest absolute Gasteiger partial charge is 0.384 e. The molecule has 0 bridgehead atoms. The van der Waals surface area contributed by atoms with E-state index in [2.05, 4.69) is 41.8 Å². The number of fused-ring (bicyclic) bond motifs is 1. The monoisotopic (exact) mass is 244 g/mol. The van der Waals surface area contributed by atoms with Crippen LogP contribution in [-0.4, -0.2) is 19.6 Å². The molecule has 1 aliphatic heterocycles. The van der Waals surface area contributed by atoms with Crippen LogP contribution in [0.3, 0.4) is 0 Å². The average Bonchev–Trinajstić information content (AvgIpc) is 3.19. The fourth-order valence-corrected chi connectivity index (χ4v) is 3.03. The molecule has 1 unspecified atom stereocenters. The van der Waals surface area contributed by atoms with E-state index in [9.17, 15) is 0 Å². The van der Waals surface area contributed by atoms with E-state index in [1.807, 2.05) is 0 Å². The van der Waals surface area contributed by atoms with Crippen molar-refractivity contribution >= 4 is 5.69 Å². The summed E-state index contributed by atoms with van der Waals surface area (Å²) in [5, 5.41) is 7.25. The van der Waals surface area contributed by atoms with Gasteiger partial charge in [0.2, 0.25) is 0 Å². The van der Waals surface area contributed by atoms with E-state index < -0.39 is 0 Å². The number of nitrogens with one attached hydrogen (secondary N) is 2. The second-order valence-corrected chi connectivity index (χ2v) is 6.09. The van der Waals surface area contributed by atoms with Gasteiger partial charge in [-0.25, -0.2) is 0 Å². The smallest absolute Gasteiger partial charge is 0.0372 e. The van der Waals surface area contributed by atoms with Crippen molar-refractivity contribution in [3.8, 4) is 0 Å². The minimum atomic E-state index is 0.667. The van der Waals surface area contributed by atoms with Gasteiger partial charge in [0, 0.05) is 18.8 Å². The summed E-state index contributed by atoms with van der Waals surface area (Å²) < 4.78 is 0. The van der Waals surface area contributed by atoms with E-state index in [0.717, 1.165) is 19.0 Å². The van der Waals surface area contributed by atoms with Crippen molar-refractivity contribution in [1.82, 2.24) is 5.32 Å². The van der Waals surface area contributed by atoms with Crippen LogP contribution < -0.4 is 10.6 Å². The van der Waals surface area contributed by atoms with Crippen LogP contribution in [0.25, 0.3) is 0 Å². The van der Waals surface area contributed by atoms with Crippen molar-refractivity contribution < 1.29 is 0 Å². The van der Waals surface area contributed by atoms with Gasteiger partial charge in [-0.05, 0) is 55.2 Å². The third-order valence-corrected chi connectivity index (χ3v) is 4.75. The van der Waals surface area contributed by atoms with Crippen molar-refractivity contribution in [2.24, 2.45) is 11.3 Å². The Morgan fingerprint density at radius 3 is 2.94 bits per heavy atom. The van der Waals surface area contributed by atoms with Crippen molar-refractivity contribution in [2.45, 2.75) is 32.6 Å². The van der Waals surface area contributed by atoms with Crippen LogP contribution in [0.2, 0.25) is 0 Å². The highest BCUT2D eigenvalue weighted by molar-refractivity contribution is 5.53. The zero-order chi connectivity index (χ0) is 12.4. The van der Waals surface area contributed by atoms with E-state index >= 15 is 0 Å². The summed E-state index contributed by atoms with van der Waals surface area (Å²) in [6.07, 6.45) is 5.42. The molecule has 1 fully saturated rings. The first-order valence-corrected chi connectivity index (χ1v) is 7.34. The first-order valence-electron chi connectivity index (χ1n) is 7.34. The average molecular weight is 244 g/mol. The van der Waals surface area contributed by atoms with Crippen LogP contribution in [0, 0.1) is 11.3 Å². The molecule has 1 saturated carbocycles. The Morgan fingerprint density at radius 1 is 1.33 bits per heavy atom. The quantitative estimate of drug-likeness (QED) is 0.832. The predicted octanol–water partition coefficient (Wildman–Crippen LogP) is 3.05. The van der Waals surface area contributed by atoms with Gasteiger partial charge in [-0.3, -0.25) is 0 Å². The number of benzene rings is 1. The van der Waals surface area contributed by atoms with E-state index in [1.54, 1.807) is 0 Å². The molecule has 2 N–H and O–H groups in total. The summed E-state index contributed by atoms with van der Waals surface area (Å²) in [6.45, 7) is 5.82. The van der Waals surface area contributed by atoms with Gasteiger partial charge in [-0.1, -0.05) is 25.1 Å². The van der Waals surface area contributed by atoms with Crippen LogP contribution in [0.1, 0.15) is 31.7 Å². The van der Waals surface area contributed by atoms with Crippen molar-refractivity contribution in [1.29, 1.82) is 0 Å². The van der Waals surface area contributed by atoms with Crippen molar-refractivity contribution in [3.05, 3.63) is 29.8 Å². The zero-order valence-corrected chi connectivity index (χ0v) is 11.3. The summed E-state index contributed by atoms with van der Waals surface area (Å²) in [5.74, 6) is 0.743. The molecule has 1 aromatic carbocycles. The van der Waals surface area contributed by atoms with E-state index in [-0.39, 0.29) is 0 Å². The number of anilines is 1. The molecule has 2 heteroatoms. The number of hydrogen-bond donors (Lipinski definition) is 2. The standard InChI is InChI=1S/C16H24N2/c1-2-16(7-8-16)12-17-10-13-9-14-5-3-4-6-15(14)18-11-13/h3-6,13,17-18H,2,7-12H2,1H3. The Labute approximate surface area is 110 Å². The Bertz CT molecular complexity index is 409. The normalized spacial score (nSPS) is 24.2. The van der Waals surface area contributed by atoms with Gasteiger partial charge in [0.15, 0.2) is 0 Å². The maximum Gasteiger partial charge on any atom is 0.0372 e. The lowest BCUT2D eigenvalue weighted by atomic mass is 9.93. The molecular formula is C16H24N2. The third-order valence-electron chi connectivity index (χ3n) is 4.75. The Hall–Kier alpha value is -1.02. The first-order chi connectivity index (χ1) is 8.81. The van der Waals surface area contributed by atoms with Gasteiger partial charge in [0.1, 0.15) is 0 Å². The molecule has 3 rings (SSSR count). The second-order valence-electron chi connectivity index (χ2n) is 6.09. The lowest BCUT2D eigenvalue weighted by molar-refractivity contribution is 0.405. The zero-order valence-electron chi connectivity index (χ0n) is 11.3. The highest BCUT2D eigenvalue weighted by atomic mass is 14.9. The van der Waals surface area contributed by atoms with Crippen LogP contribution in [0.5, 0.6) is 0 Å². The maximum atomic E-state index is 3.70. The molecule has 0 spiro atoms. The molecule has 1 aromatic rings. The maximum absolute atomic E-state index is 3.70. The molecule has 1 heterocycles. The Kier molecular flexibility index (Phi) is 3.29. The topological polar surface area (TPSA) is 24.1 Å². The Morgan fingerprint density at radius 2 is 2.17 bits per heavy atom. The molecule has 0 radical (unpaired) electrons. The summed E-state index contributed by atoms with van der Waals surface area (Å²) >= 11 is 0. The fraction of sp³-hybridized carbons (Fsp3) is 0.625. The van der Waals surface area contributed by atoms with Crippen LogP contribution in [-0.2, 0) is 6.42 Å². The van der Waals surface area contributed by atoms with Gasteiger partial charge in [-0.2, -0.15) is 0 Å². The highest BCUT2D eigenvalue weighted by Gasteiger charge is 2.39. The molecule has 0 saturated heterocycles. The lowest BCUT2D eigenvalue weighted by Crippen LogP contribution is -2.35. The molecule has 98 valence electrons. The molecule has 0 amide bonds. The lowest BCUT2D eigenvalue weighted by Gasteiger charge is -2.27. The first kappa shape index (κ1) is 12.0. The number of rotatable bonds is 5. The molecule has 2 nitrogen and oxygen atoms in total. The van der Waals surface area contributed by atoms with Gasteiger partial charge in [0.25, 0.3) is 0 Å². The summed E-state index contributed by atoms with van der Waals surface area (Å²) in [6, 6.07) is 8.70. The minimum Gasteiger partial charge on any atom is -0.384 e. The molecule has 2 aliphatic rings. The molecule has 1 aliphatic carbocycles. The Balaban J connectivity index is 1.48.